The van der Waals surface area contributed by atoms with Crippen molar-refractivity contribution < 1.29 is 24.0 Å². The van der Waals surface area contributed by atoms with Gasteiger partial charge < -0.3 is 9.57 Å². The van der Waals surface area contributed by atoms with E-state index in [1.54, 1.807) is 0 Å². The minimum Gasteiger partial charge on any atom is -0.480 e. The maximum Gasteiger partial charge on any atom is 0.369 e. The molecule has 1 saturated heterocycles. The van der Waals surface area contributed by atoms with Gasteiger partial charge in [-0.2, -0.15) is 0 Å². The van der Waals surface area contributed by atoms with Crippen molar-refractivity contribution in [2.45, 2.75) is 12.8 Å². The van der Waals surface area contributed by atoms with Crippen molar-refractivity contribution in [1.82, 2.24) is 10.0 Å². The number of hydrogen-bond acceptors (Lipinski definition) is 6. The lowest BCUT2D eigenvalue weighted by Crippen LogP contribution is -2.32. The van der Waals surface area contributed by atoms with Gasteiger partial charge in [-0.1, -0.05) is 0 Å². The number of hydrogen-bond donors (Lipinski definition) is 0. The highest BCUT2D eigenvalue weighted by Gasteiger charge is 2.33. The topological polar surface area (TPSA) is 85.8 Å². The highest BCUT2D eigenvalue weighted by molar-refractivity contribution is 6.03. The van der Waals surface area contributed by atoms with Crippen molar-refractivity contribution in [3.63, 3.8) is 0 Å². The van der Waals surface area contributed by atoms with Crippen LogP contribution in [-0.2, 0) is 14.4 Å². The summed E-state index contributed by atoms with van der Waals surface area (Å²) in [6.07, 6.45) is 1.55. The predicted octanol–water partition coefficient (Wildman–Crippen LogP) is 0.311. The summed E-state index contributed by atoms with van der Waals surface area (Å²) in [7, 11) is 1.35. The van der Waals surface area contributed by atoms with Gasteiger partial charge >= 0.3 is 5.97 Å². The van der Waals surface area contributed by atoms with Crippen LogP contribution in [0.25, 0.3) is 0 Å². The number of carbonyl (C=O) groups excluding carboxylic acids is 3. The molecular formula is C11H10N2O5. The number of carbonyl (C=O) groups is 3. The van der Waals surface area contributed by atoms with Crippen LogP contribution in [0.3, 0.4) is 0 Å². The number of methoxy groups -OCH3 is 1. The van der Waals surface area contributed by atoms with E-state index in [2.05, 4.69) is 4.98 Å². The fourth-order valence-corrected chi connectivity index (χ4v) is 1.50. The minimum absolute atomic E-state index is 0.0486. The van der Waals surface area contributed by atoms with Crippen LogP contribution in [0.1, 0.15) is 23.2 Å². The Bertz CT molecular complexity index is 498. The number of amides is 2. The van der Waals surface area contributed by atoms with Crippen molar-refractivity contribution in [2.75, 3.05) is 7.11 Å². The van der Waals surface area contributed by atoms with E-state index in [0.29, 0.717) is 5.06 Å². The second-order valence-corrected chi connectivity index (χ2v) is 3.52. The van der Waals surface area contributed by atoms with E-state index in [9.17, 15) is 14.4 Å². The number of imide groups is 1. The van der Waals surface area contributed by atoms with Gasteiger partial charge in [-0.25, -0.2) is 9.78 Å². The minimum atomic E-state index is -0.858. The standard InChI is InChI=1S/C11H10N2O5/c1-17-10-7(3-2-6-12-10)11(16)18-13-8(14)4-5-9(13)15/h2-3,6H,4-5H2,1H3. The molecule has 0 aliphatic carbocycles. The lowest BCUT2D eigenvalue weighted by Gasteiger charge is -2.13. The number of pyridine rings is 1. The molecule has 94 valence electrons. The van der Waals surface area contributed by atoms with E-state index in [-0.39, 0.29) is 24.3 Å². The maximum atomic E-state index is 11.8. The Morgan fingerprint density at radius 3 is 2.61 bits per heavy atom. The van der Waals surface area contributed by atoms with Crippen molar-refractivity contribution in [3.05, 3.63) is 23.9 Å². The second-order valence-electron chi connectivity index (χ2n) is 3.52. The van der Waals surface area contributed by atoms with Gasteiger partial charge in [0.2, 0.25) is 5.88 Å². The average Bonchev–Trinajstić information content (AvgIpc) is 2.70. The molecule has 0 unspecified atom stereocenters. The molecule has 7 heteroatoms. The summed E-state index contributed by atoms with van der Waals surface area (Å²) >= 11 is 0. The third-order valence-corrected chi connectivity index (χ3v) is 2.36. The molecule has 2 heterocycles. The summed E-state index contributed by atoms with van der Waals surface area (Å²) < 4.78 is 4.88. The van der Waals surface area contributed by atoms with E-state index in [4.69, 9.17) is 9.57 Å². The first-order valence-corrected chi connectivity index (χ1v) is 5.20. The monoisotopic (exact) mass is 250 g/mol. The summed E-state index contributed by atoms with van der Waals surface area (Å²) in [5, 5.41) is 0.481. The number of rotatable bonds is 3. The van der Waals surface area contributed by atoms with Gasteiger partial charge in [0, 0.05) is 19.0 Å². The van der Waals surface area contributed by atoms with E-state index in [0.717, 1.165) is 0 Å². The zero-order chi connectivity index (χ0) is 13.1. The highest BCUT2D eigenvalue weighted by Crippen LogP contribution is 2.18. The third-order valence-electron chi connectivity index (χ3n) is 2.36. The van der Waals surface area contributed by atoms with Gasteiger partial charge in [0.1, 0.15) is 5.56 Å². The Morgan fingerprint density at radius 1 is 1.33 bits per heavy atom. The number of nitrogens with zero attached hydrogens (tertiary/aromatic N) is 2. The molecule has 1 aliphatic rings. The summed E-state index contributed by atoms with van der Waals surface area (Å²) in [5.41, 5.74) is 0.0486. The molecule has 0 saturated carbocycles. The molecule has 0 spiro atoms. The van der Waals surface area contributed by atoms with Gasteiger partial charge in [0.15, 0.2) is 0 Å². The van der Waals surface area contributed by atoms with Gasteiger partial charge in [0.05, 0.1) is 7.11 Å². The van der Waals surface area contributed by atoms with Crippen LogP contribution >= 0.6 is 0 Å². The molecule has 2 amide bonds. The lowest BCUT2D eigenvalue weighted by molar-refractivity contribution is -0.172. The number of aromatic nitrogens is 1. The predicted molar refractivity (Wildman–Crippen MR) is 57.3 cm³/mol. The van der Waals surface area contributed by atoms with E-state index in [1.165, 1.54) is 25.4 Å². The van der Waals surface area contributed by atoms with Crippen LogP contribution in [0.4, 0.5) is 0 Å². The first kappa shape index (κ1) is 12.0. The van der Waals surface area contributed by atoms with E-state index >= 15 is 0 Å². The zero-order valence-electron chi connectivity index (χ0n) is 9.58. The van der Waals surface area contributed by atoms with Crippen LogP contribution < -0.4 is 4.74 Å². The highest BCUT2D eigenvalue weighted by atomic mass is 16.7. The van der Waals surface area contributed by atoms with Crippen molar-refractivity contribution in [1.29, 1.82) is 0 Å². The Kier molecular flexibility index (Phi) is 3.22. The third kappa shape index (κ3) is 2.15. The summed E-state index contributed by atoms with van der Waals surface area (Å²) in [6, 6.07) is 2.95. The normalized spacial score (nSPS) is 14.8. The molecule has 0 N–H and O–H groups in total. The molecule has 1 aromatic heterocycles. The quantitative estimate of drug-likeness (QED) is 0.718. The van der Waals surface area contributed by atoms with E-state index < -0.39 is 17.8 Å². The van der Waals surface area contributed by atoms with Crippen LogP contribution in [0.15, 0.2) is 18.3 Å². The SMILES string of the molecule is COc1ncccc1C(=O)ON1C(=O)CCC1=O. The molecule has 0 radical (unpaired) electrons. The molecule has 0 atom stereocenters. The van der Waals surface area contributed by atoms with Crippen LogP contribution in [0, 0.1) is 0 Å². The van der Waals surface area contributed by atoms with Crippen molar-refractivity contribution in [2.24, 2.45) is 0 Å². The molecule has 1 fully saturated rings. The molecule has 2 rings (SSSR count). The largest absolute Gasteiger partial charge is 0.480 e. The first-order valence-electron chi connectivity index (χ1n) is 5.20. The average molecular weight is 250 g/mol. The Labute approximate surface area is 102 Å². The Balaban J connectivity index is 2.17. The van der Waals surface area contributed by atoms with Crippen LogP contribution in [0.5, 0.6) is 5.88 Å². The molecule has 0 bridgehead atoms. The van der Waals surface area contributed by atoms with Gasteiger partial charge in [-0.05, 0) is 12.1 Å². The molecule has 1 aromatic rings. The van der Waals surface area contributed by atoms with Crippen LogP contribution in [0.2, 0.25) is 0 Å². The number of ether oxygens (including phenoxy) is 1. The Morgan fingerprint density at radius 2 is 2.00 bits per heavy atom. The Hall–Kier alpha value is -2.44. The molecule has 1 aliphatic heterocycles. The summed E-state index contributed by atoms with van der Waals surface area (Å²) in [6.45, 7) is 0. The fourth-order valence-electron chi connectivity index (χ4n) is 1.50. The van der Waals surface area contributed by atoms with Crippen molar-refractivity contribution in [3.8, 4) is 5.88 Å². The number of hydroxylamine groups is 2. The fraction of sp³-hybridized carbons (Fsp3) is 0.273. The van der Waals surface area contributed by atoms with Gasteiger partial charge in [0.25, 0.3) is 11.8 Å². The smallest absolute Gasteiger partial charge is 0.369 e. The molecule has 7 nitrogen and oxygen atoms in total. The van der Waals surface area contributed by atoms with Crippen LogP contribution in [-0.4, -0.2) is 34.9 Å². The molecule has 0 aromatic carbocycles. The summed E-state index contributed by atoms with van der Waals surface area (Å²) in [4.78, 5) is 42.9. The van der Waals surface area contributed by atoms with Gasteiger partial charge in [-0.3, -0.25) is 9.59 Å². The zero-order valence-corrected chi connectivity index (χ0v) is 9.58. The van der Waals surface area contributed by atoms with Crippen molar-refractivity contribution >= 4 is 17.8 Å². The second kappa shape index (κ2) is 4.82. The molecular weight excluding hydrogens is 240 g/mol. The maximum absolute atomic E-state index is 11.8. The lowest BCUT2D eigenvalue weighted by atomic mass is 10.3. The van der Waals surface area contributed by atoms with Gasteiger partial charge in [-0.15, -0.1) is 5.06 Å². The summed E-state index contributed by atoms with van der Waals surface area (Å²) in [5.74, 6) is -1.85. The molecule has 18 heavy (non-hydrogen) atoms. The first-order chi connectivity index (χ1) is 8.63. The van der Waals surface area contributed by atoms with E-state index in [1.807, 2.05) is 0 Å².